The molecule has 7 nitrogen and oxygen atoms in total. The maximum absolute atomic E-state index is 12.5. The first-order chi connectivity index (χ1) is 11.7. The average molecular weight is 330 g/mol. The number of hydrogen-bond acceptors (Lipinski definition) is 6. The van der Waals surface area contributed by atoms with Crippen molar-refractivity contribution in [3.05, 3.63) is 30.7 Å². The summed E-state index contributed by atoms with van der Waals surface area (Å²) >= 11 is 0. The molecule has 0 N–H and O–H groups in total. The van der Waals surface area contributed by atoms with Crippen LogP contribution in [0.25, 0.3) is 11.5 Å². The fourth-order valence-electron chi connectivity index (χ4n) is 2.77. The van der Waals surface area contributed by atoms with Gasteiger partial charge in [0.15, 0.2) is 6.10 Å². The summed E-state index contributed by atoms with van der Waals surface area (Å²) in [6.45, 7) is 8.33. The molecule has 3 rings (SSSR count). The number of benzene rings is 1. The molecule has 1 aromatic heterocycles. The molecule has 1 atom stereocenters. The summed E-state index contributed by atoms with van der Waals surface area (Å²) in [5.74, 6) is 1.14. The Morgan fingerprint density at radius 2 is 1.96 bits per heavy atom. The molecule has 1 saturated heterocycles. The van der Waals surface area contributed by atoms with Crippen molar-refractivity contribution in [1.29, 1.82) is 0 Å². The van der Waals surface area contributed by atoms with Crippen LogP contribution in [0.5, 0.6) is 5.75 Å². The lowest BCUT2D eigenvalue weighted by Crippen LogP contribution is -2.51. The Labute approximate surface area is 141 Å². The molecule has 128 valence electrons. The number of aromatic nitrogens is 2. The standard InChI is InChI=1S/C17H22N4O3/c1-3-20-8-10-21(11-9-20)17(22)13(2)24-15-6-4-14(5-7-15)16-19-18-12-23-16/h4-7,12-13H,3,8-11H2,1-2H3. The zero-order valence-electron chi connectivity index (χ0n) is 14.0. The predicted octanol–water partition coefficient (Wildman–Crippen LogP) is 1.67. The first kappa shape index (κ1) is 16.4. The van der Waals surface area contributed by atoms with Crippen LogP contribution >= 0.6 is 0 Å². The average Bonchev–Trinajstić information content (AvgIpc) is 3.16. The third-order valence-electron chi connectivity index (χ3n) is 4.25. The van der Waals surface area contributed by atoms with Crippen LogP contribution < -0.4 is 4.74 Å². The third-order valence-corrected chi connectivity index (χ3v) is 4.25. The van der Waals surface area contributed by atoms with E-state index < -0.39 is 6.10 Å². The Morgan fingerprint density at radius 1 is 1.25 bits per heavy atom. The van der Waals surface area contributed by atoms with Gasteiger partial charge < -0.3 is 19.0 Å². The summed E-state index contributed by atoms with van der Waals surface area (Å²) in [6.07, 6.45) is 0.783. The number of ether oxygens (including phenoxy) is 1. The number of piperazine rings is 1. The quantitative estimate of drug-likeness (QED) is 0.830. The lowest BCUT2D eigenvalue weighted by molar-refractivity contribution is -0.139. The molecule has 1 aromatic carbocycles. The molecule has 0 radical (unpaired) electrons. The number of carbonyl (C=O) groups is 1. The van der Waals surface area contributed by atoms with Gasteiger partial charge in [0.25, 0.3) is 5.91 Å². The Kier molecular flexibility index (Phi) is 5.10. The zero-order valence-corrected chi connectivity index (χ0v) is 14.0. The maximum atomic E-state index is 12.5. The molecule has 0 aliphatic carbocycles. The minimum atomic E-state index is -0.507. The van der Waals surface area contributed by atoms with E-state index in [9.17, 15) is 4.79 Å². The van der Waals surface area contributed by atoms with Crippen molar-refractivity contribution in [2.24, 2.45) is 0 Å². The predicted molar refractivity (Wildman–Crippen MR) is 88.5 cm³/mol. The Balaban J connectivity index is 1.56. The summed E-state index contributed by atoms with van der Waals surface area (Å²) in [5, 5.41) is 7.51. The van der Waals surface area contributed by atoms with E-state index in [0.29, 0.717) is 11.6 Å². The van der Waals surface area contributed by atoms with Crippen molar-refractivity contribution in [2.45, 2.75) is 20.0 Å². The summed E-state index contributed by atoms with van der Waals surface area (Å²) in [6, 6.07) is 7.27. The van der Waals surface area contributed by atoms with Gasteiger partial charge in [0.1, 0.15) is 5.75 Å². The SMILES string of the molecule is CCN1CCN(C(=O)C(C)Oc2ccc(-c3nnco3)cc2)CC1. The van der Waals surface area contributed by atoms with E-state index in [4.69, 9.17) is 9.15 Å². The van der Waals surface area contributed by atoms with Crippen molar-refractivity contribution in [1.82, 2.24) is 20.0 Å². The van der Waals surface area contributed by atoms with Gasteiger partial charge in [-0.25, -0.2) is 0 Å². The molecule has 1 aliphatic heterocycles. The first-order valence-corrected chi connectivity index (χ1v) is 8.21. The van der Waals surface area contributed by atoms with Gasteiger partial charge in [0.2, 0.25) is 12.3 Å². The van der Waals surface area contributed by atoms with Gasteiger partial charge in [-0.2, -0.15) is 0 Å². The lowest BCUT2D eigenvalue weighted by atomic mass is 10.2. The number of carbonyl (C=O) groups excluding carboxylic acids is 1. The summed E-state index contributed by atoms with van der Waals surface area (Å²) in [4.78, 5) is 16.7. The molecular weight excluding hydrogens is 308 g/mol. The van der Waals surface area contributed by atoms with Crippen molar-refractivity contribution in [3.8, 4) is 17.2 Å². The number of rotatable bonds is 5. The molecule has 24 heavy (non-hydrogen) atoms. The number of nitrogens with zero attached hydrogens (tertiary/aromatic N) is 4. The molecular formula is C17H22N4O3. The largest absolute Gasteiger partial charge is 0.481 e. The molecule has 7 heteroatoms. The van der Waals surface area contributed by atoms with E-state index in [1.165, 1.54) is 6.39 Å². The van der Waals surface area contributed by atoms with Crippen molar-refractivity contribution in [2.75, 3.05) is 32.7 Å². The van der Waals surface area contributed by atoms with Gasteiger partial charge in [-0.1, -0.05) is 6.92 Å². The van der Waals surface area contributed by atoms with Crippen molar-refractivity contribution in [3.63, 3.8) is 0 Å². The van der Waals surface area contributed by atoms with E-state index in [1.807, 2.05) is 17.0 Å². The van der Waals surface area contributed by atoms with Crippen LogP contribution in [0.1, 0.15) is 13.8 Å². The van der Waals surface area contributed by atoms with Crippen LogP contribution in [0, 0.1) is 0 Å². The highest BCUT2D eigenvalue weighted by atomic mass is 16.5. The van der Waals surface area contributed by atoms with Crippen molar-refractivity contribution >= 4 is 5.91 Å². The minimum Gasteiger partial charge on any atom is -0.481 e. The molecule has 1 aliphatic rings. The Hall–Kier alpha value is -2.41. The lowest BCUT2D eigenvalue weighted by Gasteiger charge is -2.35. The number of hydrogen-bond donors (Lipinski definition) is 0. The second kappa shape index (κ2) is 7.44. The van der Waals surface area contributed by atoms with E-state index in [1.54, 1.807) is 19.1 Å². The van der Waals surface area contributed by atoms with E-state index >= 15 is 0 Å². The van der Waals surface area contributed by atoms with Gasteiger partial charge >= 0.3 is 0 Å². The van der Waals surface area contributed by atoms with Gasteiger partial charge in [-0.05, 0) is 37.7 Å². The third kappa shape index (κ3) is 3.73. The van der Waals surface area contributed by atoms with Crippen LogP contribution in [0.4, 0.5) is 0 Å². The normalized spacial score (nSPS) is 16.8. The second-order valence-electron chi connectivity index (χ2n) is 5.79. The summed E-state index contributed by atoms with van der Waals surface area (Å²) in [7, 11) is 0. The smallest absolute Gasteiger partial charge is 0.263 e. The zero-order chi connectivity index (χ0) is 16.9. The fourth-order valence-corrected chi connectivity index (χ4v) is 2.77. The Morgan fingerprint density at radius 3 is 2.54 bits per heavy atom. The topological polar surface area (TPSA) is 71.7 Å². The highest BCUT2D eigenvalue weighted by molar-refractivity contribution is 5.81. The second-order valence-corrected chi connectivity index (χ2v) is 5.79. The molecule has 2 heterocycles. The molecule has 0 spiro atoms. The van der Waals surface area contributed by atoms with Crippen LogP contribution in [0.15, 0.2) is 35.1 Å². The highest BCUT2D eigenvalue weighted by Gasteiger charge is 2.25. The summed E-state index contributed by atoms with van der Waals surface area (Å²) in [5.41, 5.74) is 0.814. The van der Waals surface area contributed by atoms with Gasteiger partial charge in [0.05, 0.1) is 0 Å². The van der Waals surface area contributed by atoms with Crippen LogP contribution in [0.3, 0.4) is 0 Å². The molecule has 1 amide bonds. The van der Waals surface area contributed by atoms with Crippen LogP contribution in [-0.4, -0.2) is 64.7 Å². The minimum absolute atomic E-state index is 0.0340. The van der Waals surface area contributed by atoms with Gasteiger partial charge in [-0.3, -0.25) is 4.79 Å². The van der Waals surface area contributed by atoms with Gasteiger partial charge in [0, 0.05) is 31.7 Å². The van der Waals surface area contributed by atoms with E-state index in [2.05, 4.69) is 22.0 Å². The van der Waals surface area contributed by atoms with Crippen LogP contribution in [-0.2, 0) is 4.79 Å². The summed E-state index contributed by atoms with van der Waals surface area (Å²) < 4.78 is 10.9. The molecule has 2 aromatic rings. The number of amides is 1. The molecule has 1 fully saturated rings. The fraction of sp³-hybridized carbons (Fsp3) is 0.471. The van der Waals surface area contributed by atoms with Crippen molar-refractivity contribution < 1.29 is 13.9 Å². The molecule has 1 unspecified atom stereocenters. The maximum Gasteiger partial charge on any atom is 0.263 e. The molecule has 0 saturated carbocycles. The highest BCUT2D eigenvalue weighted by Crippen LogP contribution is 2.21. The monoisotopic (exact) mass is 330 g/mol. The van der Waals surface area contributed by atoms with E-state index in [-0.39, 0.29) is 5.91 Å². The first-order valence-electron chi connectivity index (χ1n) is 8.21. The Bertz CT molecular complexity index is 649. The van der Waals surface area contributed by atoms with Gasteiger partial charge in [-0.15, -0.1) is 10.2 Å². The van der Waals surface area contributed by atoms with E-state index in [0.717, 1.165) is 38.3 Å². The van der Waals surface area contributed by atoms with Crippen LogP contribution in [0.2, 0.25) is 0 Å². The number of likely N-dealkylation sites (N-methyl/N-ethyl adjacent to an activating group) is 1. The molecule has 0 bridgehead atoms.